The van der Waals surface area contributed by atoms with Gasteiger partial charge in [0.15, 0.2) is 11.5 Å². The smallest absolute Gasteiger partial charge is 0.227 e. The maximum absolute atomic E-state index is 12.8. The fraction of sp³-hybridized carbons (Fsp3) is 0.458. The summed E-state index contributed by atoms with van der Waals surface area (Å²) in [6.45, 7) is 4.22. The molecule has 0 spiro atoms. The van der Waals surface area contributed by atoms with E-state index in [2.05, 4.69) is 29.2 Å². The van der Waals surface area contributed by atoms with E-state index in [9.17, 15) is 4.79 Å². The van der Waals surface area contributed by atoms with Gasteiger partial charge in [0.2, 0.25) is 5.91 Å². The number of nitrogens with zero attached hydrogens (tertiary/aromatic N) is 2. The van der Waals surface area contributed by atoms with Crippen LogP contribution in [0.25, 0.3) is 0 Å². The molecule has 4 rings (SSSR count). The summed E-state index contributed by atoms with van der Waals surface area (Å²) in [6, 6.07) is 12.6. The van der Waals surface area contributed by atoms with E-state index in [0.29, 0.717) is 6.42 Å². The first-order valence-electron chi connectivity index (χ1n) is 10.5. The van der Waals surface area contributed by atoms with E-state index >= 15 is 0 Å². The standard InChI is InChI=1S/C24H30N2O3.ClH/c1-28-22-9-7-19(15-23(22)29-2)17-25-10-12-26(13-11-25)24(27)16-18-6-8-20-4-3-5-21(20)14-18;/h6-9,14-15H,3-5,10-13,16-17H2,1-2H3;1H. The third-order valence-corrected chi connectivity index (χ3v) is 6.10. The van der Waals surface area contributed by atoms with Crippen molar-refractivity contribution in [3.05, 3.63) is 58.7 Å². The molecule has 6 heteroatoms. The molecule has 2 aromatic carbocycles. The van der Waals surface area contributed by atoms with Gasteiger partial charge in [-0.25, -0.2) is 0 Å². The zero-order chi connectivity index (χ0) is 20.2. The van der Waals surface area contributed by atoms with Gasteiger partial charge in [0.05, 0.1) is 20.6 Å². The number of carbonyl (C=O) groups excluding carboxylic acids is 1. The molecule has 2 aliphatic rings. The average Bonchev–Trinajstić information content (AvgIpc) is 3.22. The lowest BCUT2D eigenvalue weighted by atomic mass is 10.0. The SMILES string of the molecule is COc1ccc(CN2CCN(C(=O)Cc3ccc4c(c3)CCC4)CC2)cc1OC.Cl. The maximum Gasteiger partial charge on any atom is 0.227 e. The van der Waals surface area contributed by atoms with Crippen molar-refractivity contribution < 1.29 is 14.3 Å². The topological polar surface area (TPSA) is 42.0 Å². The van der Waals surface area contributed by atoms with Crippen LogP contribution in [-0.4, -0.2) is 56.1 Å². The quantitative estimate of drug-likeness (QED) is 0.703. The van der Waals surface area contributed by atoms with Crippen molar-refractivity contribution in [2.75, 3.05) is 40.4 Å². The van der Waals surface area contributed by atoms with Crippen LogP contribution in [0.15, 0.2) is 36.4 Å². The fourth-order valence-corrected chi connectivity index (χ4v) is 4.41. The van der Waals surface area contributed by atoms with Gasteiger partial charge in [-0.1, -0.05) is 24.3 Å². The second-order valence-corrected chi connectivity index (χ2v) is 7.98. The van der Waals surface area contributed by atoms with E-state index in [1.807, 2.05) is 17.0 Å². The molecule has 1 aliphatic heterocycles. The number of piperazine rings is 1. The third-order valence-electron chi connectivity index (χ3n) is 6.10. The zero-order valence-corrected chi connectivity index (χ0v) is 18.7. The molecule has 0 radical (unpaired) electrons. The number of rotatable bonds is 6. The molecule has 30 heavy (non-hydrogen) atoms. The molecule has 0 bridgehead atoms. The van der Waals surface area contributed by atoms with Crippen molar-refractivity contribution in [3.63, 3.8) is 0 Å². The van der Waals surface area contributed by atoms with Gasteiger partial charge in [-0.3, -0.25) is 9.69 Å². The number of aryl methyl sites for hydroxylation is 2. The first kappa shape index (κ1) is 22.4. The second-order valence-electron chi connectivity index (χ2n) is 7.98. The van der Waals surface area contributed by atoms with Crippen LogP contribution < -0.4 is 9.47 Å². The largest absolute Gasteiger partial charge is 0.493 e. The number of ether oxygens (including phenoxy) is 2. The zero-order valence-electron chi connectivity index (χ0n) is 17.9. The first-order chi connectivity index (χ1) is 14.2. The Balaban J connectivity index is 0.00000256. The molecule has 1 saturated heterocycles. The van der Waals surface area contributed by atoms with Crippen molar-refractivity contribution in [2.45, 2.75) is 32.2 Å². The van der Waals surface area contributed by atoms with Crippen molar-refractivity contribution in [3.8, 4) is 11.5 Å². The van der Waals surface area contributed by atoms with Crippen LogP contribution in [0, 0.1) is 0 Å². The van der Waals surface area contributed by atoms with Gasteiger partial charge in [-0.15, -0.1) is 12.4 Å². The lowest BCUT2D eigenvalue weighted by molar-refractivity contribution is -0.132. The number of carbonyl (C=O) groups is 1. The van der Waals surface area contributed by atoms with Crippen molar-refractivity contribution in [1.29, 1.82) is 0 Å². The lowest BCUT2D eigenvalue weighted by Crippen LogP contribution is -2.48. The fourth-order valence-electron chi connectivity index (χ4n) is 4.41. The van der Waals surface area contributed by atoms with Crippen LogP contribution in [-0.2, 0) is 30.6 Å². The Kier molecular flexibility index (Phi) is 7.62. The average molecular weight is 431 g/mol. The number of fused-ring (bicyclic) bond motifs is 1. The maximum atomic E-state index is 12.8. The highest BCUT2D eigenvalue weighted by atomic mass is 35.5. The minimum Gasteiger partial charge on any atom is -0.493 e. The number of methoxy groups -OCH3 is 2. The van der Waals surface area contributed by atoms with Gasteiger partial charge in [-0.05, 0) is 53.6 Å². The summed E-state index contributed by atoms with van der Waals surface area (Å²) in [4.78, 5) is 17.2. The Labute approximate surface area is 185 Å². The van der Waals surface area contributed by atoms with Crippen LogP contribution in [0.5, 0.6) is 11.5 Å². The number of benzene rings is 2. The van der Waals surface area contributed by atoms with Crippen LogP contribution in [0.4, 0.5) is 0 Å². The van der Waals surface area contributed by atoms with Gasteiger partial charge in [0.1, 0.15) is 0 Å². The van der Waals surface area contributed by atoms with Crippen LogP contribution in [0.2, 0.25) is 0 Å². The molecule has 1 heterocycles. The minimum absolute atomic E-state index is 0. The number of halogens is 1. The molecule has 5 nitrogen and oxygen atoms in total. The number of amides is 1. The van der Waals surface area contributed by atoms with Crippen molar-refractivity contribution in [2.24, 2.45) is 0 Å². The third kappa shape index (κ3) is 5.08. The summed E-state index contributed by atoms with van der Waals surface area (Å²) in [5, 5.41) is 0. The van der Waals surface area contributed by atoms with Crippen LogP contribution >= 0.6 is 12.4 Å². The Morgan fingerprint density at radius 1 is 0.867 bits per heavy atom. The normalized spacial score (nSPS) is 16.0. The molecule has 162 valence electrons. The lowest BCUT2D eigenvalue weighted by Gasteiger charge is -2.35. The van der Waals surface area contributed by atoms with E-state index in [4.69, 9.17) is 9.47 Å². The van der Waals surface area contributed by atoms with Crippen LogP contribution in [0.3, 0.4) is 0 Å². The molecule has 1 fully saturated rings. The summed E-state index contributed by atoms with van der Waals surface area (Å²) >= 11 is 0. The Morgan fingerprint density at radius 3 is 2.30 bits per heavy atom. The van der Waals surface area contributed by atoms with E-state index in [1.54, 1.807) is 14.2 Å². The highest BCUT2D eigenvalue weighted by molar-refractivity contribution is 5.85. The minimum atomic E-state index is 0. The highest BCUT2D eigenvalue weighted by Gasteiger charge is 2.22. The molecule has 0 N–H and O–H groups in total. The molecule has 0 aromatic heterocycles. The molecule has 0 unspecified atom stereocenters. The van der Waals surface area contributed by atoms with Gasteiger partial charge in [0.25, 0.3) is 0 Å². The molecular weight excluding hydrogens is 400 g/mol. The molecule has 1 amide bonds. The monoisotopic (exact) mass is 430 g/mol. The Hall–Kier alpha value is -2.24. The van der Waals surface area contributed by atoms with Gasteiger partial charge < -0.3 is 14.4 Å². The molecule has 0 saturated carbocycles. The molecule has 1 aliphatic carbocycles. The van der Waals surface area contributed by atoms with E-state index < -0.39 is 0 Å². The Morgan fingerprint density at radius 2 is 1.57 bits per heavy atom. The van der Waals surface area contributed by atoms with Gasteiger partial charge >= 0.3 is 0 Å². The number of hydrogen-bond acceptors (Lipinski definition) is 4. The first-order valence-corrected chi connectivity index (χ1v) is 10.5. The highest BCUT2D eigenvalue weighted by Crippen LogP contribution is 2.28. The summed E-state index contributed by atoms with van der Waals surface area (Å²) < 4.78 is 10.7. The van der Waals surface area contributed by atoms with Gasteiger partial charge in [-0.2, -0.15) is 0 Å². The van der Waals surface area contributed by atoms with E-state index in [1.165, 1.54) is 29.5 Å². The van der Waals surface area contributed by atoms with E-state index in [-0.39, 0.29) is 18.3 Å². The summed E-state index contributed by atoms with van der Waals surface area (Å²) in [5.41, 5.74) is 5.25. The predicted octanol–water partition coefficient (Wildman–Crippen LogP) is 3.50. The summed E-state index contributed by atoms with van der Waals surface area (Å²) in [5.74, 6) is 1.75. The molecule has 0 atom stereocenters. The Bertz CT molecular complexity index is 879. The van der Waals surface area contributed by atoms with Gasteiger partial charge in [0, 0.05) is 32.7 Å². The summed E-state index contributed by atoms with van der Waals surface area (Å²) in [7, 11) is 3.31. The van der Waals surface area contributed by atoms with Crippen molar-refractivity contribution >= 4 is 18.3 Å². The number of hydrogen-bond donors (Lipinski definition) is 0. The summed E-state index contributed by atoms with van der Waals surface area (Å²) in [6.07, 6.45) is 4.11. The molecule has 2 aromatic rings. The van der Waals surface area contributed by atoms with E-state index in [0.717, 1.165) is 56.2 Å². The molecular formula is C24H31ClN2O3. The van der Waals surface area contributed by atoms with Crippen LogP contribution in [0.1, 0.15) is 28.7 Å². The van der Waals surface area contributed by atoms with Crippen molar-refractivity contribution in [1.82, 2.24) is 9.80 Å². The second kappa shape index (κ2) is 10.2. The predicted molar refractivity (Wildman–Crippen MR) is 121 cm³/mol.